The summed E-state index contributed by atoms with van der Waals surface area (Å²) in [7, 11) is 2.09. The Bertz CT molecular complexity index is 475. The molecule has 2 aromatic rings. The van der Waals surface area contributed by atoms with Crippen LogP contribution in [0.15, 0.2) is 29.6 Å². The van der Waals surface area contributed by atoms with Gasteiger partial charge in [-0.3, -0.25) is 0 Å². The Morgan fingerprint density at radius 1 is 1.22 bits per heavy atom. The van der Waals surface area contributed by atoms with Crippen molar-refractivity contribution in [1.82, 2.24) is 5.32 Å². The SMILES string of the molecule is CCCCCC(Cc1csc2ccccc12)NC. The van der Waals surface area contributed by atoms with E-state index in [9.17, 15) is 0 Å². The first-order valence-electron chi connectivity index (χ1n) is 6.97. The maximum Gasteiger partial charge on any atom is 0.0345 e. The molecule has 0 aliphatic carbocycles. The zero-order valence-electron chi connectivity index (χ0n) is 11.4. The lowest BCUT2D eigenvalue weighted by atomic mass is 10.0. The lowest BCUT2D eigenvalue weighted by molar-refractivity contribution is 0.491. The Hall–Kier alpha value is -0.860. The number of likely N-dealkylation sites (N-methyl/N-ethyl adjacent to an activating group) is 1. The molecular weight excluding hydrogens is 238 g/mol. The summed E-state index contributed by atoms with van der Waals surface area (Å²) in [4.78, 5) is 0. The van der Waals surface area contributed by atoms with E-state index >= 15 is 0 Å². The number of nitrogens with one attached hydrogen (secondary N) is 1. The second-order valence-electron chi connectivity index (χ2n) is 4.94. The minimum Gasteiger partial charge on any atom is -0.317 e. The van der Waals surface area contributed by atoms with Gasteiger partial charge in [0.05, 0.1) is 0 Å². The van der Waals surface area contributed by atoms with Crippen molar-refractivity contribution in [3.63, 3.8) is 0 Å². The molecule has 1 atom stereocenters. The molecule has 1 aromatic heterocycles. The Balaban J connectivity index is 2.02. The Kier molecular flexibility index (Phi) is 5.21. The van der Waals surface area contributed by atoms with E-state index in [0.29, 0.717) is 6.04 Å². The van der Waals surface area contributed by atoms with E-state index in [1.165, 1.54) is 41.3 Å². The van der Waals surface area contributed by atoms with Gasteiger partial charge < -0.3 is 5.32 Å². The van der Waals surface area contributed by atoms with Crippen LogP contribution in [0.5, 0.6) is 0 Å². The van der Waals surface area contributed by atoms with E-state index in [1.807, 2.05) is 11.3 Å². The van der Waals surface area contributed by atoms with Crippen LogP contribution in [0.25, 0.3) is 10.1 Å². The van der Waals surface area contributed by atoms with Gasteiger partial charge in [-0.25, -0.2) is 0 Å². The highest BCUT2D eigenvalue weighted by Crippen LogP contribution is 2.27. The summed E-state index contributed by atoms with van der Waals surface area (Å²) < 4.78 is 1.41. The van der Waals surface area contributed by atoms with Gasteiger partial charge in [-0.2, -0.15) is 0 Å². The molecule has 0 radical (unpaired) electrons. The molecule has 0 spiro atoms. The molecule has 1 aromatic carbocycles. The van der Waals surface area contributed by atoms with Crippen molar-refractivity contribution < 1.29 is 0 Å². The maximum atomic E-state index is 3.47. The summed E-state index contributed by atoms with van der Waals surface area (Å²) in [5.74, 6) is 0. The van der Waals surface area contributed by atoms with Gasteiger partial charge in [0.2, 0.25) is 0 Å². The molecule has 0 saturated heterocycles. The van der Waals surface area contributed by atoms with Gasteiger partial charge in [-0.15, -0.1) is 11.3 Å². The first kappa shape index (κ1) is 13.6. The van der Waals surface area contributed by atoms with Crippen LogP contribution in [0.3, 0.4) is 0 Å². The van der Waals surface area contributed by atoms with Crippen LogP contribution in [0, 0.1) is 0 Å². The van der Waals surface area contributed by atoms with E-state index in [0.717, 1.165) is 6.42 Å². The number of benzene rings is 1. The Morgan fingerprint density at radius 3 is 2.83 bits per heavy atom. The van der Waals surface area contributed by atoms with Crippen molar-refractivity contribution >= 4 is 21.4 Å². The number of fused-ring (bicyclic) bond motifs is 1. The molecule has 0 bridgehead atoms. The predicted octanol–water partition coefficient (Wildman–Crippen LogP) is 4.61. The van der Waals surface area contributed by atoms with E-state index in [4.69, 9.17) is 0 Å². The van der Waals surface area contributed by atoms with Crippen molar-refractivity contribution in [2.24, 2.45) is 0 Å². The molecule has 1 nitrogen and oxygen atoms in total. The molecule has 98 valence electrons. The lowest BCUT2D eigenvalue weighted by Crippen LogP contribution is -2.27. The molecule has 18 heavy (non-hydrogen) atoms. The average Bonchev–Trinajstić information content (AvgIpc) is 2.81. The molecule has 1 N–H and O–H groups in total. The summed E-state index contributed by atoms with van der Waals surface area (Å²) in [5, 5.41) is 7.24. The minimum atomic E-state index is 0.620. The van der Waals surface area contributed by atoms with Crippen LogP contribution in [0.2, 0.25) is 0 Å². The first-order chi connectivity index (χ1) is 8.85. The molecule has 1 heterocycles. The van der Waals surface area contributed by atoms with Crippen LogP contribution < -0.4 is 5.32 Å². The zero-order valence-corrected chi connectivity index (χ0v) is 12.2. The molecule has 0 aliphatic rings. The normalized spacial score (nSPS) is 13.0. The fourth-order valence-corrected chi connectivity index (χ4v) is 3.42. The molecule has 1 unspecified atom stereocenters. The topological polar surface area (TPSA) is 12.0 Å². The van der Waals surface area contributed by atoms with Crippen molar-refractivity contribution in [3.05, 3.63) is 35.2 Å². The van der Waals surface area contributed by atoms with Gasteiger partial charge in [0.1, 0.15) is 0 Å². The van der Waals surface area contributed by atoms with Crippen LogP contribution >= 0.6 is 11.3 Å². The van der Waals surface area contributed by atoms with Crippen LogP contribution in [0.1, 0.15) is 38.2 Å². The van der Waals surface area contributed by atoms with Gasteiger partial charge in [0.15, 0.2) is 0 Å². The highest BCUT2D eigenvalue weighted by Gasteiger charge is 2.10. The van der Waals surface area contributed by atoms with E-state index in [1.54, 1.807) is 0 Å². The zero-order chi connectivity index (χ0) is 12.8. The van der Waals surface area contributed by atoms with Gasteiger partial charge in [-0.05, 0) is 42.3 Å². The third-order valence-electron chi connectivity index (χ3n) is 3.59. The summed E-state index contributed by atoms with van der Waals surface area (Å²) in [6.45, 7) is 2.26. The summed E-state index contributed by atoms with van der Waals surface area (Å²) in [6.07, 6.45) is 6.43. The Labute approximate surface area is 114 Å². The van der Waals surface area contributed by atoms with Gasteiger partial charge in [-0.1, -0.05) is 44.4 Å². The van der Waals surface area contributed by atoms with Crippen molar-refractivity contribution in [1.29, 1.82) is 0 Å². The summed E-state index contributed by atoms with van der Waals surface area (Å²) in [6, 6.07) is 9.35. The lowest BCUT2D eigenvalue weighted by Gasteiger charge is -2.15. The van der Waals surface area contributed by atoms with E-state index in [2.05, 4.69) is 48.9 Å². The number of hydrogen-bond donors (Lipinski definition) is 1. The predicted molar refractivity (Wildman–Crippen MR) is 82.5 cm³/mol. The van der Waals surface area contributed by atoms with Crippen LogP contribution in [-0.2, 0) is 6.42 Å². The molecular formula is C16H23NS. The molecule has 2 heteroatoms. The molecule has 0 fully saturated rings. The molecule has 0 aliphatic heterocycles. The smallest absolute Gasteiger partial charge is 0.0345 e. The standard InChI is InChI=1S/C16H23NS/c1-3-4-5-8-14(17-2)11-13-12-18-16-10-7-6-9-15(13)16/h6-7,9-10,12,14,17H,3-5,8,11H2,1-2H3. The molecule has 0 amide bonds. The summed E-state index contributed by atoms with van der Waals surface area (Å²) >= 11 is 1.87. The highest BCUT2D eigenvalue weighted by molar-refractivity contribution is 7.17. The van der Waals surface area contributed by atoms with Gasteiger partial charge in [0.25, 0.3) is 0 Å². The van der Waals surface area contributed by atoms with Crippen molar-refractivity contribution in [2.75, 3.05) is 7.05 Å². The van der Waals surface area contributed by atoms with Crippen LogP contribution in [-0.4, -0.2) is 13.1 Å². The fraction of sp³-hybridized carbons (Fsp3) is 0.500. The third kappa shape index (κ3) is 3.33. The van der Waals surface area contributed by atoms with Gasteiger partial charge >= 0.3 is 0 Å². The quantitative estimate of drug-likeness (QED) is 0.718. The Morgan fingerprint density at radius 2 is 2.06 bits per heavy atom. The summed E-state index contributed by atoms with van der Waals surface area (Å²) in [5.41, 5.74) is 1.51. The first-order valence-corrected chi connectivity index (χ1v) is 7.85. The van der Waals surface area contributed by atoms with Gasteiger partial charge in [0, 0.05) is 10.7 Å². The second kappa shape index (κ2) is 6.91. The third-order valence-corrected chi connectivity index (χ3v) is 4.60. The number of thiophene rings is 1. The van der Waals surface area contributed by atoms with E-state index in [-0.39, 0.29) is 0 Å². The monoisotopic (exact) mass is 261 g/mol. The minimum absolute atomic E-state index is 0.620. The number of hydrogen-bond acceptors (Lipinski definition) is 2. The number of unbranched alkanes of at least 4 members (excludes halogenated alkanes) is 2. The highest BCUT2D eigenvalue weighted by atomic mass is 32.1. The molecule has 0 saturated carbocycles. The fourth-order valence-electron chi connectivity index (χ4n) is 2.45. The molecule has 2 rings (SSSR count). The van der Waals surface area contributed by atoms with E-state index < -0.39 is 0 Å². The average molecular weight is 261 g/mol. The maximum absolute atomic E-state index is 3.47. The number of rotatable bonds is 7. The van der Waals surface area contributed by atoms with Crippen LogP contribution in [0.4, 0.5) is 0 Å². The van der Waals surface area contributed by atoms with Crippen molar-refractivity contribution in [3.8, 4) is 0 Å². The second-order valence-corrected chi connectivity index (χ2v) is 5.85. The van der Waals surface area contributed by atoms with Crippen molar-refractivity contribution in [2.45, 2.75) is 45.1 Å². The largest absolute Gasteiger partial charge is 0.317 e.